The highest BCUT2D eigenvalue weighted by molar-refractivity contribution is 6.11. The van der Waals surface area contributed by atoms with Gasteiger partial charge in [0.2, 0.25) is 5.88 Å². The second kappa shape index (κ2) is 11.7. The first-order chi connectivity index (χ1) is 12.1. The van der Waals surface area contributed by atoms with E-state index in [1.165, 1.54) is 0 Å². The van der Waals surface area contributed by atoms with Crippen molar-refractivity contribution in [3.8, 4) is 0 Å². The number of hydrogen-bond acceptors (Lipinski definition) is 5. The maximum atomic E-state index is 12.6. The highest BCUT2D eigenvalue weighted by Gasteiger charge is 2.20. The van der Waals surface area contributed by atoms with E-state index in [1.54, 1.807) is 12.3 Å². The van der Waals surface area contributed by atoms with Gasteiger partial charge in [0.15, 0.2) is 0 Å². The van der Waals surface area contributed by atoms with E-state index in [9.17, 15) is 9.90 Å². The number of ether oxygens (including phenoxy) is 1. The molecule has 0 rings (SSSR count). The molecule has 1 amide bonds. The van der Waals surface area contributed by atoms with E-state index in [1.807, 2.05) is 34.6 Å². The smallest absolute Gasteiger partial charge is 0.258 e. The van der Waals surface area contributed by atoms with Gasteiger partial charge in [-0.3, -0.25) is 4.79 Å². The van der Waals surface area contributed by atoms with Gasteiger partial charge in [-0.1, -0.05) is 54.0 Å². The van der Waals surface area contributed by atoms with Crippen molar-refractivity contribution < 1.29 is 14.6 Å². The van der Waals surface area contributed by atoms with Gasteiger partial charge in [0, 0.05) is 23.9 Å². The third-order valence-corrected chi connectivity index (χ3v) is 4.21. The zero-order valence-electron chi connectivity index (χ0n) is 17.3. The lowest BCUT2D eigenvalue weighted by Gasteiger charge is -2.21. The molecule has 0 aliphatic carbocycles. The van der Waals surface area contributed by atoms with Gasteiger partial charge in [-0.25, -0.2) is 0 Å². The van der Waals surface area contributed by atoms with Gasteiger partial charge in [-0.2, -0.15) is 0 Å². The normalized spacial score (nSPS) is 15.4. The van der Waals surface area contributed by atoms with Crippen molar-refractivity contribution in [3.05, 3.63) is 23.7 Å². The molecule has 6 heteroatoms. The molecule has 0 bridgehead atoms. The molecule has 0 radical (unpaired) electrons. The summed E-state index contributed by atoms with van der Waals surface area (Å²) in [7, 11) is 0. The average Bonchev–Trinajstić information content (AvgIpc) is 2.58. The van der Waals surface area contributed by atoms with Gasteiger partial charge in [0.1, 0.15) is 5.57 Å². The molecule has 6 nitrogen and oxygen atoms in total. The summed E-state index contributed by atoms with van der Waals surface area (Å²) < 4.78 is 5.74. The number of aliphatic hydroxyl groups is 1. The van der Waals surface area contributed by atoms with Crippen molar-refractivity contribution in [3.63, 3.8) is 0 Å². The lowest BCUT2D eigenvalue weighted by atomic mass is 9.95. The first-order valence-electron chi connectivity index (χ1n) is 9.31. The SMILES string of the molecule is CCC(C)[C@H](C)NC(=O)/C(C=N)=C(/N/C=C/C(C)(C)CO)OCC(C)C. The Hall–Kier alpha value is -1.82. The first kappa shape index (κ1) is 24.2. The second-order valence-electron chi connectivity index (χ2n) is 7.86. The second-order valence-corrected chi connectivity index (χ2v) is 7.86. The van der Waals surface area contributed by atoms with Crippen molar-refractivity contribution in [1.29, 1.82) is 5.41 Å². The molecule has 1 unspecified atom stereocenters. The van der Waals surface area contributed by atoms with Crippen LogP contribution in [0.3, 0.4) is 0 Å². The number of aliphatic hydroxyl groups excluding tert-OH is 1. The zero-order chi connectivity index (χ0) is 20.3. The fraction of sp³-hybridized carbons (Fsp3) is 0.700. The van der Waals surface area contributed by atoms with Crippen LogP contribution in [0.1, 0.15) is 54.9 Å². The van der Waals surface area contributed by atoms with Crippen molar-refractivity contribution in [1.82, 2.24) is 10.6 Å². The predicted molar refractivity (Wildman–Crippen MR) is 107 cm³/mol. The number of hydrogen-bond donors (Lipinski definition) is 4. The fourth-order valence-corrected chi connectivity index (χ4v) is 1.86. The van der Waals surface area contributed by atoms with Crippen LogP contribution >= 0.6 is 0 Å². The summed E-state index contributed by atoms with van der Waals surface area (Å²) in [6, 6.07) is -0.00216. The summed E-state index contributed by atoms with van der Waals surface area (Å²) in [6.07, 6.45) is 5.40. The van der Waals surface area contributed by atoms with Gasteiger partial charge in [0.25, 0.3) is 5.91 Å². The van der Waals surface area contributed by atoms with Crippen LogP contribution in [0.15, 0.2) is 23.7 Å². The molecule has 0 aliphatic heterocycles. The molecule has 0 aliphatic rings. The average molecular weight is 368 g/mol. The molecule has 0 heterocycles. The Balaban J connectivity index is 5.45. The summed E-state index contributed by atoms with van der Waals surface area (Å²) in [6.45, 7) is 14.3. The maximum Gasteiger partial charge on any atom is 0.258 e. The van der Waals surface area contributed by atoms with Gasteiger partial charge >= 0.3 is 0 Å². The molecular formula is C20H37N3O3. The molecule has 0 spiro atoms. The number of amides is 1. The van der Waals surface area contributed by atoms with E-state index >= 15 is 0 Å². The van der Waals surface area contributed by atoms with E-state index in [0.29, 0.717) is 12.5 Å². The minimum absolute atomic E-state index is 0.00140. The molecule has 26 heavy (non-hydrogen) atoms. The van der Waals surface area contributed by atoms with Crippen LogP contribution in [0.4, 0.5) is 0 Å². The van der Waals surface area contributed by atoms with Crippen LogP contribution in [-0.2, 0) is 9.53 Å². The highest BCUT2D eigenvalue weighted by atomic mass is 16.5. The molecule has 4 N–H and O–H groups in total. The van der Waals surface area contributed by atoms with Crippen LogP contribution in [0.2, 0.25) is 0 Å². The number of carbonyl (C=O) groups excluding carboxylic acids is 1. The van der Waals surface area contributed by atoms with E-state index in [0.717, 1.165) is 12.6 Å². The molecule has 0 aromatic rings. The van der Waals surface area contributed by atoms with Crippen LogP contribution in [0.25, 0.3) is 0 Å². The lowest BCUT2D eigenvalue weighted by Crippen LogP contribution is -2.39. The van der Waals surface area contributed by atoms with Gasteiger partial charge in [-0.05, 0) is 18.8 Å². The molecule has 0 saturated carbocycles. The van der Waals surface area contributed by atoms with Crippen LogP contribution in [0, 0.1) is 22.7 Å². The van der Waals surface area contributed by atoms with Gasteiger partial charge < -0.3 is 25.9 Å². The largest absolute Gasteiger partial charge is 0.478 e. The molecule has 0 fully saturated rings. The first-order valence-corrected chi connectivity index (χ1v) is 9.31. The Morgan fingerprint density at radius 1 is 1.27 bits per heavy atom. The van der Waals surface area contributed by atoms with Crippen LogP contribution < -0.4 is 10.6 Å². The molecule has 150 valence electrons. The van der Waals surface area contributed by atoms with E-state index in [2.05, 4.69) is 24.5 Å². The monoisotopic (exact) mass is 367 g/mol. The Labute approximate surface area is 158 Å². The molecule has 0 aromatic heterocycles. The molecular weight excluding hydrogens is 330 g/mol. The van der Waals surface area contributed by atoms with Crippen molar-refractivity contribution in [2.45, 2.75) is 60.9 Å². The van der Waals surface area contributed by atoms with E-state index in [-0.39, 0.29) is 35.9 Å². The fourth-order valence-electron chi connectivity index (χ4n) is 1.86. The standard InChI is InChI=1S/C20H37N3O3/c1-8-15(4)16(5)23-18(25)17(11-21)19(26-12-14(2)3)22-10-9-20(6,7)13-24/h9-11,14-16,21-22,24H,8,12-13H2,1-7H3,(H,23,25)/b10-9+,19-17-,21-11?/t15?,16-/m0/s1. The summed E-state index contributed by atoms with van der Waals surface area (Å²) in [4.78, 5) is 12.6. The van der Waals surface area contributed by atoms with Crippen molar-refractivity contribution in [2.75, 3.05) is 13.2 Å². The maximum absolute atomic E-state index is 12.6. The Morgan fingerprint density at radius 2 is 1.88 bits per heavy atom. The molecule has 2 atom stereocenters. The highest BCUT2D eigenvalue weighted by Crippen LogP contribution is 2.15. The van der Waals surface area contributed by atoms with Crippen molar-refractivity contribution in [2.24, 2.45) is 17.3 Å². The Morgan fingerprint density at radius 3 is 2.35 bits per heavy atom. The number of carbonyl (C=O) groups is 1. The number of nitrogens with one attached hydrogen (secondary N) is 3. The zero-order valence-corrected chi connectivity index (χ0v) is 17.3. The molecule has 0 aromatic carbocycles. The lowest BCUT2D eigenvalue weighted by molar-refractivity contribution is -0.118. The summed E-state index contributed by atoms with van der Waals surface area (Å²) in [5.74, 6) is 0.518. The van der Waals surface area contributed by atoms with Crippen LogP contribution in [-0.4, -0.2) is 36.5 Å². The number of rotatable bonds is 12. The summed E-state index contributed by atoms with van der Waals surface area (Å²) >= 11 is 0. The quantitative estimate of drug-likeness (QED) is 0.242. The topological polar surface area (TPSA) is 94.4 Å². The Kier molecular flexibility index (Phi) is 10.9. The van der Waals surface area contributed by atoms with E-state index in [4.69, 9.17) is 10.1 Å². The minimum Gasteiger partial charge on any atom is -0.478 e. The summed E-state index contributed by atoms with van der Waals surface area (Å²) in [5, 5.41) is 22.9. The minimum atomic E-state index is -0.395. The van der Waals surface area contributed by atoms with Crippen molar-refractivity contribution >= 4 is 12.1 Å². The van der Waals surface area contributed by atoms with Gasteiger partial charge in [0.05, 0.1) is 13.2 Å². The van der Waals surface area contributed by atoms with Crippen LogP contribution in [0.5, 0.6) is 0 Å². The summed E-state index contributed by atoms with van der Waals surface area (Å²) in [5.41, 5.74) is -0.249. The predicted octanol–water partition coefficient (Wildman–Crippen LogP) is 3.19. The Bertz CT molecular complexity index is 510. The molecule has 0 saturated heterocycles. The van der Waals surface area contributed by atoms with E-state index < -0.39 is 5.41 Å². The third-order valence-electron chi connectivity index (χ3n) is 4.21. The van der Waals surface area contributed by atoms with Gasteiger partial charge in [-0.15, -0.1) is 0 Å². The third kappa shape index (κ3) is 9.04.